The summed E-state index contributed by atoms with van der Waals surface area (Å²) in [7, 11) is -3.38. The minimum Gasteiger partial charge on any atom is -0.311 e. The van der Waals surface area contributed by atoms with Gasteiger partial charge in [-0.25, -0.2) is 8.42 Å². The number of rotatable bonds is 3. The van der Waals surface area contributed by atoms with E-state index in [2.05, 4.69) is 5.32 Å². The molecule has 3 rings (SSSR count). The summed E-state index contributed by atoms with van der Waals surface area (Å²) in [5.41, 5.74) is 2.62. The van der Waals surface area contributed by atoms with Crippen LogP contribution in [0.1, 0.15) is 11.1 Å². The number of nitrogens with zero attached hydrogens (tertiary/aromatic N) is 1. The highest BCUT2D eigenvalue weighted by atomic mass is 32.2. The summed E-state index contributed by atoms with van der Waals surface area (Å²) in [6.07, 6.45) is 0. The highest BCUT2D eigenvalue weighted by Gasteiger charge is 2.26. The molecule has 1 aliphatic rings. The minimum atomic E-state index is -3.38. The van der Waals surface area contributed by atoms with Gasteiger partial charge in [0.1, 0.15) is 0 Å². The third kappa shape index (κ3) is 3.09. The molecule has 5 heteroatoms. The van der Waals surface area contributed by atoms with Gasteiger partial charge in [0.2, 0.25) is 10.0 Å². The average Bonchev–Trinajstić information content (AvgIpc) is 2.70. The van der Waals surface area contributed by atoms with Crippen LogP contribution in [0.15, 0.2) is 54.6 Å². The Kier molecular flexibility index (Phi) is 3.94. The predicted octanol–water partition coefficient (Wildman–Crippen LogP) is 2.13. The van der Waals surface area contributed by atoms with Crippen molar-refractivity contribution in [3.05, 3.63) is 65.7 Å². The van der Waals surface area contributed by atoms with Crippen molar-refractivity contribution in [2.45, 2.75) is 12.3 Å². The third-order valence-electron chi connectivity index (χ3n) is 3.60. The monoisotopic (exact) mass is 302 g/mol. The van der Waals surface area contributed by atoms with E-state index in [0.29, 0.717) is 19.6 Å². The summed E-state index contributed by atoms with van der Waals surface area (Å²) < 4.78 is 27.1. The van der Waals surface area contributed by atoms with Gasteiger partial charge in [-0.05, 0) is 17.2 Å². The Morgan fingerprint density at radius 3 is 2.52 bits per heavy atom. The van der Waals surface area contributed by atoms with Crippen molar-refractivity contribution in [3.8, 4) is 0 Å². The van der Waals surface area contributed by atoms with Crippen molar-refractivity contribution in [2.75, 3.05) is 17.4 Å². The van der Waals surface area contributed by atoms with Crippen molar-refractivity contribution < 1.29 is 8.42 Å². The van der Waals surface area contributed by atoms with Crippen LogP contribution in [-0.2, 0) is 22.3 Å². The fourth-order valence-corrected chi connectivity index (χ4v) is 4.20. The van der Waals surface area contributed by atoms with E-state index in [-0.39, 0.29) is 5.75 Å². The Labute approximate surface area is 125 Å². The van der Waals surface area contributed by atoms with Crippen LogP contribution >= 0.6 is 0 Å². The van der Waals surface area contributed by atoms with Gasteiger partial charge in [0.25, 0.3) is 0 Å². The highest BCUT2D eigenvalue weighted by molar-refractivity contribution is 7.92. The van der Waals surface area contributed by atoms with Crippen LogP contribution in [0, 0.1) is 0 Å². The van der Waals surface area contributed by atoms with Crippen molar-refractivity contribution >= 4 is 15.7 Å². The van der Waals surface area contributed by atoms with Crippen molar-refractivity contribution in [1.82, 2.24) is 5.32 Å². The summed E-state index contributed by atoms with van der Waals surface area (Å²) >= 11 is 0. The zero-order valence-corrected chi connectivity index (χ0v) is 12.5. The van der Waals surface area contributed by atoms with Crippen LogP contribution in [0.25, 0.3) is 0 Å². The number of nitrogens with one attached hydrogen (secondary N) is 1. The third-order valence-corrected chi connectivity index (χ3v) is 5.34. The number of hydrogen-bond donors (Lipinski definition) is 1. The number of sulfonamides is 1. The maximum Gasteiger partial charge on any atom is 0.239 e. The molecular formula is C16H18N2O2S. The quantitative estimate of drug-likeness (QED) is 0.945. The van der Waals surface area contributed by atoms with Gasteiger partial charge < -0.3 is 5.32 Å². The highest BCUT2D eigenvalue weighted by Crippen LogP contribution is 2.26. The van der Waals surface area contributed by atoms with Crippen LogP contribution in [-0.4, -0.2) is 21.5 Å². The molecule has 0 atom stereocenters. The summed E-state index contributed by atoms with van der Waals surface area (Å²) in [6.45, 7) is 1.82. The molecule has 0 bridgehead atoms. The van der Waals surface area contributed by atoms with E-state index >= 15 is 0 Å². The maximum atomic E-state index is 12.8. The molecule has 1 heterocycles. The molecule has 2 aromatic carbocycles. The van der Waals surface area contributed by atoms with E-state index in [9.17, 15) is 8.42 Å². The number of para-hydroxylation sites is 1. The minimum absolute atomic E-state index is 0.0299. The van der Waals surface area contributed by atoms with Crippen molar-refractivity contribution in [3.63, 3.8) is 0 Å². The first-order chi connectivity index (χ1) is 10.2. The topological polar surface area (TPSA) is 49.4 Å². The molecule has 0 spiro atoms. The number of hydrogen-bond acceptors (Lipinski definition) is 3. The van der Waals surface area contributed by atoms with Gasteiger partial charge in [-0.2, -0.15) is 0 Å². The zero-order chi connectivity index (χ0) is 14.7. The van der Waals surface area contributed by atoms with Crippen LogP contribution in [0.4, 0.5) is 5.69 Å². The molecule has 0 amide bonds. The fraction of sp³-hybridized carbons (Fsp3) is 0.250. The molecule has 4 nitrogen and oxygen atoms in total. The molecule has 0 aliphatic carbocycles. The van der Waals surface area contributed by atoms with Crippen molar-refractivity contribution in [1.29, 1.82) is 0 Å². The molecule has 21 heavy (non-hydrogen) atoms. The Morgan fingerprint density at radius 1 is 1.00 bits per heavy atom. The van der Waals surface area contributed by atoms with Crippen LogP contribution in [0.3, 0.4) is 0 Å². The molecule has 110 valence electrons. The number of fused-ring (bicyclic) bond motifs is 1. The van der Waals surface area contributed by atoms with Crippen LogP contribution < -0.4 is 9.62 Å². The lowest BCUT2D eigenvalue weighted by Crippen LogP contribution is -2.35. The molecule has 0 saturated carbocycles. The van der Waals surface area contributed by atoms with E-state index in [4.69, 9.17) is 0 Å². The molecule has 1 N–H and O–H groups in total. The molecule has 0 unspecified atom stereocenters. The lowest BCUT2D eigenvalue weighted by molar-refractivity contribution is 0.588. The molecule has 0 aromatic heterocycles. The Bertz CT molecular complexity index is 714. The maximum absolute atomic E-state index is 12.8. The summed E-state index contributed by atoms with van der Waals surface area (Å²) in [6, 6.07) is 17.0. The van der Waals surface area contributed by atoms with E-state index in [1.165, 1.54) is 4.31 Å². The van der Waals surface area contributed by atoms with Crippen LogP contribution in [0.5, 0.6) is 0 Å². The SMILES string of the molecule is O=S(=O)(Cc1ccccc1)N1CCNCc2ccccc21. The lowest BCUT2D eigenvalue weighted by atomic mass is 10.2. The lowest BCUT2D eigenvalue weighted by Gasteiger charge is -2.24. The van der Waals surface area contributed by atoms with Gasteiger partial charge in [0, 0.05) is 19.6 Å². The average molecular weight is 302 g/mol. The van der Waals surface area contributed by atoms with Crippen molar-refractivity contribution in [2.24, 2.45) is 0 Å². The van der Waals surface area contributed by atoms with E-state index in [1.54, 1.807) is 0 Å². The van der Waals surface area contributed by atoms with Gasteiger partial charge in [-0.1, -0.05) is 48.5 Å². The largest absolute Gasteiger partial charge is 0.311 e. The Hall–Kier alpha value is -1.85. The van der Waals surface area contributed by atoms with E-state index < -0.39 is 10.0 Å². The molecule has 2 aromatic rings. The normalized spacial score (nSPS) is 15.3. The van der Waals surface area contributed by atoms with Gasteiger partial charge in [-0.3, -0.25) is 4.31 Å². The molecule has 0 radical (unpaired) electrons. The van der Waals surface area contributed by atoms with Gasteiger partial charge in [-0.15, -0.1) is 0 Å². The molecule has 1 aliphatic heterocycles. The smallest absolute Gasteiger partial charge is 0.239 e. The molecule has 0 saturated heterocycles. The fourth-order valence-electron chi connectivity index (χ4n) is 2.58. The summed E-state index contributed by atoms with van der Waals surface area (Å²) in [5.74, 6) is 0.0299. The molecule has 0 fully saturated rings. The van der Waals surface area contributed by atoms with Gasteiger partial charge >= 0.3 is 0 Å². The van der Waals surface area contributed by atoms with E-state index in [0.717, 1.165) is 16.8 Å². The van der Waals surface area contributed by atoms with Crippen LogP contribution in [0.2, 0.25) is 0 Å². The summed E-state index contributed by atoms with van der Waals surface area (Å²) in [5, 5.41) is 3.26. The number of benzene rings is 2. The first-order valence-electron chi connectivity index (χ1n) is 7.00. The standard InChI is InChI=1S/C16H18N2O2S/c19-21(20,13-14-6-2-1-3-7-14)18-11-10-17-12-15-8-4-5-9-16(15)18/h1-9,17H,10-13H2. The van der Waals surface area contributed by atoms with Gasteiger partial charge in [0.15, 0.2) is 0 Å². The predicted molar refractivity (Wildman–Crippen MR) is 84.6 cm³/mol. The first kappa shape index (κ1) is 14.1. The van der Waals surface area contributed by atoms with Gasteiger partial charge in [0.05, 0.1) is 11.4 Å². The second-order valence-electron chi connectivity index (χ2n) is 5.12. The number of anilines is 1. The molecular weight excluding hydrogens is 284 g/mol. The Morgan fingerprint density at radius 2 is 1.71 bits per heavy atom. The Balaban J connectivity index is 1.95. The zero-order valence-electron chi connectivity index (χ0n) is 11.7. The summed E-state index contributed by atoms with van der Waals surface area (Å²) in [4.78, 5) is 0. The van der Waals surface area contributed by atoms with E-state index in [1.807, 2.05) is 54.6 Å². The second kappa shape index (κ2) is 5.87. The first-order valence-corrected chi connectivity index (χ1v) is 8.61. The second-order valence-corrected chi connectivity index (χ2v) is 7.01.